The van der Waals surface area contributed by atoms with Crippen LogP contribution < -0.4 is 53.1 Å². The van der Waals surface area contributed by atoms with Gasteiger partial charge in [-0.3, -0.25) is 0 Å². The first-order valence-electron chi connectivity index (χ1n) is 27.5. The van der Waals surface area contributed by atoms with Gasteiger partial charge in [-0.2, -0.15) is 0 Å². The van der Waals surface area contributed by atoms with Crippen LogP contribution in [-0.4, -0.2) is 137 Å². The second-order valence-corrected chi connectivity index (χ2v) is 21.1. The van der Waals surface area contributed by atoms with E-state index in [-0.39, 0.29) is 85.7 Å². The second kappa shape index (κ2) is 36.1. The van der Waals surface area contributed by atoms with Crippen LogP contribution in [-0.2, 0) is 18.9 Å². The Kier molecular flexibility index (Phi) is 29.3. The molecule has 8 rings (SSSR count). The average Bonchev–Trinajstić information content (AvgIpc) is 0.810. The van der Waals surface area contributed by atoms with Gasteiger partial charge in [-0.05, 0) is 92.9 Å². The van der Waals surface area contributed by atoms with Crippen molar-refractivity contribution >= 4 is 122 Å². The number of carboxylic acids is 1. The van der Waals surface area contributed by atoms with Crippen molar-refractivity contribution in [1.82, 2.24) is 24.9 Å². The van der Waals surface area contributed by atoms with Crippen LogP contribution in [0.1, 0.15) is 83.8 Å². The maximum atomic E-state index is 14.6. The minimum atomic E-state index is -1.38. The van der Waals surface area contributed by atoms with Gasteiger partial charge in [0, 0.05) is 53.6 Å². The number of nitrogen functional groups attached to an aromatic ring is 5. The molecule has 0 spiro atoms. The Balaban J connectivity index is 0.000000256. The lowest BCUT2D eigenvalue weighted by atomic mass is 10.1. The Morgan fingerprint density at radius 1 is 0.632 bits per heavy atom. The highest BCUT2D eigenvalue weighted by Gasteiger charge is 2.25. The molecule has 0 saturated heterocycles. The summed E-state index contributed by atoms with van der Waals surface area (Å²) in [6.07, 6.45) is 1.88. The highest BCUT2D eigenvalue weighted by Crippen LogP contribution is 2.38. The number of hydrogen-bond acceptors (Lipinski definition) is 25. The first-order chi connectivity index (χ1) is 45.0. The molecule has 25 nitrogen and oxygen atoms in total. The maximum absolute atomic E-state index is 14.6. The molecule has 8 aromatic rings. The number of halogens is 5. The van der Waals surface area contributed by atoms with Gasteiger partial charge in [0.2, 0.25) is 0 Å². The summed E-state index contributed by atoms with van der Waals surface area (Å²) in [4.78, 5) is 80.6. The van der Waals surface area contributed by atoms with Gasteiger partial charge in [0.1, 0.15) is 6.17 Å². The molecule has 12 N–H and O–H groups in total. The Morgan fingerprint density at radius 2 is 1.12 bits per heavy atom. The number of carbonyl (C=O) groups is 5. The van der Waals surface area contributed by atoms with E-state index in [1.807, 2.05) is 49.3 Å². The molecule has 0 aliphatic heterocycles. The van der Waals surface area contributed by atoms with Crippen molar-refractivity contribution in [2.24, 2.45) is 0 Å². The molecule has 504 valence electrons. The van der Waals surface area contributed by atoms with Crippen molar-refractivity contribution in [2.75, 3.05) is 116 Å². The van der Waals surface area contributed by atoms with Crippen LogP contribution in [0.3, 0.4) is 0 Å². The Hall–Kier alpha value is -10.4. The molecule has 0 aliphatic rings. The van der Waals surface area contributed by atoms with Gasteiger partial charge >= 0.3 is 29.8 Å². The first kappa shape index (κ1) is 77.0. The monoisotopic (exact) mass is 1390 g/mol. The lowest BCUT2D eigenvalue weighted by molar-refractivity contribution is 0.0512. The number of carbonyl (C=O) groups excluding carboxylic acids is 4. The third-order valence-electron chi connectivity index (χ3n) is 12.7. The molecule has 0 bridgehead atoms. The van der Waals surface area contributed by atoms with Crippen LogP contribution in [0.15, 0.2) is 102 Å². The van der Waals surface area contributed by atoms with E-state index in [9.17, 15) is 32.8 Å². The predicted molar refractivity (Wildman–Crippen MR) is 366 cm³/mol. The number of nitrogens with one attached hydrogen (secondary N) is 1. The number of methoxy groups -OCH3 is 6. The van der Waals surface area contributed by atoms with E-state index in [0.29, 0.717) is 60.5 Å². The van der Waals surface area contributed by atoms with Crippen molar-refractivity contribution in [3.8, 4) is 51.0 Å². The van der Waals surface area contributed by atoms with Gasteiger partial charge in [0.15, 0.2) is 51.5 Å². The highest BCUT2D eigenvalue weighted by molar-refractivity contribution is 7.98. The lowest BCUT2D eigenvalue weighted by Crippen LogP contribution is -2.16. The number of nitrogens with zero attached hydrogens (tertiary/aromatic N) is 6. The zero-order valence-corrected chi connectivity index (χ0v) is 56.5. The molecule has 5 heterocycles. The van der Waals surface area contributed by atoms with Crippen LogP contribution in [0.2, 0.25) is 15.1 Å². The molecular weight excluding hydrogens is 1320 g/mol. The summed E-state index contributed by atoms with van der Waals surface area (Å²) in [5.74, 6) is -4.26. The molecular formula is C64H69Cl3F2N12O13S. The van der Waals surface area contributed by atoms with E-state index in [0.717, 1.165) is 11.1 Å². The number of nitrogens with two attached hydrogens (primary N) is 5. The summed E-state index contributed by atoms with van der Waals surface area (Å²) in [6.45, 7) is 6.68. The molecule has 95 heavy (non-hydrogen) atoms. The summed E-state index contributed by atoms with van der Waals surface area (Å²) >= 11 is 18.9. The summed E-state index contributed by atoms with van der Waals surface area (Å²) in [5, 5.41) is 13.1. The van der Waals surface area contributed by atoms with Gasteiger partial charge in [-0.15, -0.1) is 11.8 Å². The zero-order valence-electron chi connectivity index (χ0n) is 53.4. The van der Waals surface area contributed by atoms with Crippen LogP contribution in [0.4, 0.5) is 48.6 Å². The molecule has 31 heteroatoms. The van der Waals surface area contributed by atoms with E-state index >= 15 is 0 Å². The van der Waals surface area contributed by atoms with Crippen molar-refractivity contribution in [3.63, 3.8) is 0 Å². The fourth-order valence-electron chi connectivity index (χ4n) is 8.14. The third kappa shape index (κ3) is 19.8. The Labute approximate surface area is 565 Å². The van der Waals surface area contributed by atoms with Crippen molar-refractivity contribution in [3.05, 3.63) is 158 Å². The number of esters is 4. The van der Waals surface area contributed by atoms with Gasteiger partial charge < -0.3 is 77.1 Å². The molecule has 0 radical (unpaired) electrons. The summed E-state index contributed by atoms with van der Waals surface area (Å²) in [5.41, 5.74) is 35.3. The lowest BCUT2D eigenvalue weighted by Gasteiger charge is -2.18. The number of thioether (sulfide) groups is 1. The molecule has 0 saturated carbocycles. The van der Waals surface area contributed by atoms with Crippen LogP contribution in [0.5, 0.6) is 17.2 Å². The average molecular weight is 1390 g/mol. The smallest absolute Gasteiger partial charge is 0.360 e. The van der Waals surface area contributed by atoms with E-state index in [2.05, 4.69) is 41.6 Å². The van der Waals surface area contributed by atoms with Crippen LogP contribution in [0.25, 0.3) is 39.8 Å². The van der Waals surface area contributed by atoms with Gasteiger partial charge in [-0.25, -0.2) is 57.7 Å². The number of benzene rings is 3. The standard InChI is InChI=1S/C16H16ClFN2O3S.C15H16ClN3O2.C14H14ClN3O2.C10H12N2O3.C9H11FN2O3/c1-4-23-16(21)13-15(24-3)10(19)7-11(20-13)8-5-6-9(17)14(22-2)12(8)18;1-19(2)12-8-11(9-4-6-10(16)7-5-9)18-14(13(12)17)15(20)21-3;1-17-11-7-10(8-3-5-9(15)6-4-8)18-13(12(11)16)14(19)20-2;1-4-6-5-7(11)9(14-2)8(12-6)10(13)15-3;1-4(10)6-3-5(11)8(15-2)7(12-6)9(13)14/h5-7H,4H2,1-3H3,(H2,19,20);4-8H,17H2,1-3H3;3-7H,16H2,1-2H3,(H,17,18);4-5H,1H2,2-3H3,(H2,11,12);3-4H,1-2H3,(H2,11,12)(H,13,14). The van der Waals surface area contributed by atoms with E-state index in [1.165, 1.54) is 91.7 Å². The molecule has 0 amide bonds. The van der Waals surface area contributed by atoms with Gasteiger partial charge in [-0.1, -0.05) is 65.6 Å². The molecule has 1 unspecified atom stereocenters. The number of carboxylic acid groups (broad SMARTS) is 1. The number of rotatable bonds is 17. The Morgan fingerprint density at radius 3 is 1.57 bits per heavy atom. The molecule has 1 atom stereocenters. The van der Waals surface area contributed by atoms with Crippen molar-refractivity contribution in [2.45, 2.75) is 24.9 Å². The summed E-state index contributed by atoms with van der Waals surface area (Å²) in [6, 6.07) is 25.2. The highest BCUT2D eigenvalue weighted by atomic mass is 35.5. The molecule has 3 aromatic carbocycles. The number of ether oxygens (including phenoxy) is 7. The predicted octanol–water partition coefficient (Wildman–Crippen LogP) is 12.2. The Bertz CT molecular complexity index is 4080. The van der Waals surface area contributed by atoms with E-state index in [1.54, 1.807) is 56.6 Å². The fourth-order valence-corrected chi connectivity index (χ4v) is 9.23. The topological polar surface area (TPSA) is 380 Å². The quantitative estimate of drug-likeness (QED) is 0.0253. The number of hydrogen-bond donors (Lipinski definition) is 7. The number of alkyl halides is 1. The van der Waals surface area contributed by atoms with E-state index < -0.39 is 41.8 Å². The normalized spacial score (nSPS) is 10.5. The second-order valence-electron chi connectivity index (χ2n) is 19.0. The zero-order chi connectivity index (χ0) is 71.1. The van der Waals surface area contributed by atoms with E-state index in [4.69, 9.17) is 97.0 Å². The fraction of sp³-hybridized carbons (Fsp3) is 0.219. The largest absolute Gasteiger partial charge is 0.492 e. The third-order valence-corrected chi connectivity index (χ3v) is 14.4. The maximum Gasteiger partial charge on any atom is 0.360 e. The van der Waals surface area contributed by atoms with Crippen molar-refractivity contribution < 1.29 is 71.0 Å². The molecule has 0 aliphatic carbocycles. The minimum Gasteiger partial charge on any atom is -0.492 e. The number of pyridine rings is 5. The first-order valence-corrected chi connectivity index (χ1v) is 29.9. The number of anilines is 7. The number of aromatic nitrogens is 5. The summed E-state index contributed by atoms with van der Waals surface area (Å²) < 4.78 is 61.3. The molecule has 0 fully saturated rings. The van der Waals surface area contributed by atoms with Gasteiger partial charge in [0.05, 0.1) is 122 Å². The van der Waals surface area contributed by atoms with Crippen LogP contribution >= 0.6 is 46.6 Å². The van der Waals surface area contributed by atoms with Crippen molar-refractivity contribution in [1.29, 1.82) is 0 Å². The van der Waals surface area contributed by atoms with Gasteiger partial charge in [0.25, 0.3) is 0 Å². The SMILES string of the molecule is C=Cc1cc(N)c(OC)c(C(=O)OC)n1.CCOC(=O)c1nc(-c2ccc(Cl)c(OC)c2F)cc(N)c1SC.CNc1cc(-c2ccc(Cl)cc2)nc(C(=O)OC)c1N.COC(=O)c1nc(-c2ccc(Cl)cc2)cc(N(C)C)c1N.COc1c(N)cc(C(C)F)nc1C(=O)O. The molecule has 5 aromatic heterocycles. The summed E-state index contributed by atoms with van der Waals surface area (Å²) in [7, 11) is 13.3. The number of aromatic carboxylic acids is 1. The minimum absolute atomic E-state index is 0.0225. The van der Waals surface area contributed by atoms with Crippen LogP contribution in [0, 0.1) is 5.82 Å².